The topological polar surface area (TPSA) is 78.5 Å². The normalized spacial score (nSPS) is 11.6. The van der Waals surface area contributed by atoms with Crippen molar-refractivity contribution in [1.82, 2.24) is 15.6 Å². The van der Waals surface area contributed by atoms with Crippen LogP contribution in [0.3, 0.4) is 0 Å². The van der Waals surface area contributed by atoms with Crippen LogP contribution in [0.25, 0.3) is 10.9 Å². The van der Waals surface area contributed by atoms with Crippen molar-refractivity contribution >= 4 is 22.8 Å². The van der Waals surface area contributed by atoms with E-state index in [2.05, 4.69) is 20.6 Å². The van der Waals surface area contributed by atoms with Gasteiger partial charge in [0.2, 0.25) is 0 Å². The Bertz CT molecular complexity index is 742. The molecule has 0 unspecified atom stereocenters. The number of rotatable bonds is 9. The fourth-order valence-electron chi connectivity index (χ4n) is 2.66. The molecule has 0 aliphatic rings. The largest absolute Gasteiger partial charge is 0.466 e. The summed E-state index contributed by atoms with van der Waals surface area (Å²) in [6.07, 6.45) is 3.68. The van der Waals surface area contributed by atoms with Gasteiger partial charge in [0.25, 0.3) is 0 Å². The summed E-state index contributed by atoms with van der Waals surface area (Å²) in [7, 11) is 0. The van der Waals surface area contributed by atoms with Gasteiger partial charge in [-0.05, 0) is 50.5 Å². The number of fused-ring (bicyclic) bond motifs is 1. The molecule has 6 nitrogen and oxygen atoms in total. The number of aromatic amines is 1. The van der Waals surface area contributed by atoms with Crippen molar-refractivity contribution in [3.05, 3.63) is 35.8 Å². The van der Waals surface area contributed by atoms with Crippen LogP contribution >= 0.6 is 0 Å². The molecule has 7 heteroatoms. The predicted molar refractivity (Wildman–Crippen MR) is 102 cm³/mol. The molecule has 2 aromatic rings. The van der Waals surface area contributed by atoms with Gasteiger partial charge in [-0.2, -0.15) is 0 Å². The Kier molecular flexibility index (Phi) is 7.92. The molecule has 1 heterocycles. The third-order valence-electron chi connectivity index (χ3n) is 3.87. The summed E-state index contributed by atoms with van der Waals surface area (Å²) in [6, 6.07) is 4.75. The van der Waals surface area contributed by atoms with E-state index in [-0.39, 0.29) is 11.8 Å². The first-order valence-corrected chi connectivity index (χ1v) is 9.07. The third kappa shape index (κ3) is 6.06. The van der Waals surface area contributed by atoms with Gasteiger partial charge >= 0.3 is 5.97 Å². The molecular formula is C19H27FN4O2. The molecule has 0 fully saturated rings. The van der Waals surface area contributed by atoms with E-state index in [1.54, 1.807) is 19.1 Å². The molecule has 0 bridgehead atoms. The van der Waals surface area contributed by atoms with E-state index in [0.29, 0.717) is 38.5 Å². The second kappa shape index (κ2) is 10.4. The number of H-pyrrole nitrogens is 1. The lowest BCUT2D eigenvalue weighted by atomic mass is 10.1. The van der Waals surface area contributed by atoms with E-state index < -0.39 is 0 Å². The van der Waals surface area contributed by atoms with Gasteiger partial charge in [-0.1, -0.05) is 0 Å². The van der Waals surface area contributed by atoms with Crippen LogP contribution < -0.4 is 10.6 Å². The van der Waals surface area contributed by atoms with Gasteiger partial charge in [0.15, 0.2) is 5.96 Å². The minimum absolute atomic E-state index is 0.188. The van der Waals surface area contributed by atoms with E-state index in [4.69, 9.17) is 4.74 Å². The Morgan fingerprint density at radius 2 is 2.15 bits per heavy atom. The Morgan fingerprint density at radius 1 is 1.31 bits per heavy atom. The number of carbonyl (C=O) groups is 1. The van der Waals surface area contributed by atoms with Crippen LogP contribution in [0.2, 0.25) is 0 Å². The zero-order valence-corrected chi connectivity index (χ0v) is 15.4. The minimum atomic E-state index is -0.234. The summed E-state index contributed by atoms with van der Waals surface area (Å²) in [5.74, 6) is 0.289. The maximum atomic E-state index is 13.4. The van der Waals surface area contributed by atoms with Gasteiger partial charge in [0.05, 0.1) is 6.61 Å². The number of aromatic nitrogens is 1. The highest BCUT2D eigenvalue weighted by atomic mass is 19.1. The summed E-state index contributed by atoms with van der Waals surface area (Å²) < 4.78 is 18.3. The van der Waals surface area contributed by atoms with Crippen molar-refractivity contribution in [1.29, 1.82) is 0 Å². The molecule has 26 heavy (non-hydrogen) atoms. The Balaban J connectivity index is 1.82. The van der Waals surface area contributed by atoms with Gasteiger partial charge < -0.3 is 20.4 Å². The second-order valence-electron chi connectivity index (χ2n) is 5.85. The average molecular weight is 362 g/mol. The monoisotopic (exact) mass is 362 g/mol. The van der Waals surface area contributed by atoms with E-state index in [1.807, 2.05) is 13.1 Å². The van der Waals surface area contributed by atoms with Crippen LogP contribution in [-0.4, -0.2) is 43.2 Å². The fourth-order valence-corrected chi connectivity index (χ4v) is 2.66. The molecule has 0 amide bonds. The Labute approximate surface area is 153 Å². The van der Waals surface area contributed by atoms with Crippen LogP contribution in [0.5, 0.6) is 0 Å². The highest BCUT2D eigenvalue weighted by Crippen LogP contribution is 2.19. The van der Waals surface area contributed by atoms with Crippen LogP contribution in [0.4, 0.5) is 4.39 Å². The highest BCUT2D eigenvalue weighted by Gasteiger charge is 2.06. The maximum Gasteiger partial charge on any atom is 0.305 e. The molecule has 142 valence electrons. The summed E-state index contributed by atoms with van der Waals surface area (Å²) in [5.41, 5.74) is 1.99. The van der Waals surface area contributed by atoms with Crippen LogP contribution in [0.1, 0.15) is 32.3 Å². The van der Waals surface area contributed by atoms with Crippen LogP contribution in [0, 0.1) is 5.82 Å². The lowest BCUT2D eigenvalue weighted by Gasteiger charge is -2.11. The van der Waals surface area contributed by atoms with Gasteiger partial charge in [0.1, 0.15) is 5.82 Å². The average Bonchev–Trinajstić information content (AvgIpc) is 3.01. The van der Waals surface area contributed by atoms with Crippen LogP contribution in [0.15, 0.2) is 29.4 Å². The maximum absolute atomic E-state index is 13.4. The van der Waals surface area contributed by atoms with Gasteiger partial charge in [-0.3, -0.25) is 9.79 Å². The zero-order chi connectivity index (χ0) is 18.8. The van der Waals surface area contributed by atoms with E-state index in [1.165, 1.54) is 6.07 Å². The molecule has 0 atom stereocenters. The molecule has 1 aromatic carbocycles. The number of ether oxygens (including phenoxy) is 1. The number of nitrogens with zero attached hydrogens (tertiary/aromatic N) is 1. The number of halogens is 1. The number of nitrogens with one attached hydrogen (secondary N) is 3. The molecular weight excluding hydrogens is 335 g/mol. The zero-order valence-electron chi connectivity index (χ0n) is 15.4. The van der Waals surface area contributed by atoms with Gasteiger partial charge in [-0.25, -0.2) is 4.39 Å². The van der Waals surface area contributed by atoms with Crippen molar-refractivity contribution in [2.24, 2.45) is 4.99 Å². The summed E-state index contributed by atoms with van der Waals surface area (Å²) in [6.45, 7) is 6.18. The third-order valence-corrected chi connectivity index (χ3v) is 3.87. The first-order chi connectivity index (χ1) is 12.6. The van der Waals surface area contributed by atoms with E-state index in [0.717, 1.165) is 29.4 Å². The number of aliphatic imine (C=N–C) groups is 1. The highest BCUT2D eigenvalue weighted by molar-refractivity contribution is 5.83. The summed E-state index contributed by atoms with van der Waals surface area (Å²) in [5, 5.41) is 7.35. The number of hydrogen-bond acceptors (Lipinski definition) is 3. The smallest absolute Gasteiger partial charge is 0.305 e. The number of guanidine groups is 1. The number of carbonyl (C=O) groups excluding carboxylic acids is 1. The molecule has 1 aromatic heterocycles. The second-order valence-corrected chi connectivity index (χ2v) is 5.85. The number of esters is 1. The molecule has 2 rings (SSSR count). The van der Waals surface area contributed by atoms with Crippen molar-refractivity contribution < 1.29 is 13.9 Å². The van der Waals surface area contributed by atoms with E-state index in [9.17, 15) is 9.18 Å². The molecule has 0 saturated carbocycles. The minimum Gasteiger partial charge on any atom is -0.466 e. The van der Waals surface area contributed by atoms with Crippen LogP contribution in [-0.2, 0) is 16.0 Å². The lowest BCUT2D eigenvalue weighted by Crippen LogP contribution is -2.38. The molecule has 0 radical (unpaired) electrons. The Hall–Kier alpha value is -2.57. The van der Waals surface area contributed by atoms with Crippen molar-refractivity contribution in [2.75, 3.05) is 26.2 Å². The molecule has 3 N–H and O–H groups in total. The number of hydrogen-bond donors (Lipinski definition) is 3. The lowest BCUT2D eigenvalue weighted by molar-refractivity contribution is -0.143. The predicted octanol–water partition coefficient (Wildman–Crippen LogP) is 2.75. The Morgan fingerprint density at radius 3 is 2.92 bits per heavy atom. The van der Waals surface area contributed by atoms with Crippen molar-refractivity contribution in [3.8, 4) is 0 Å². The molecule has 0 aliphatic heterocycles. The fraction of sp³-hybridized carbons (Fsp3) is 0.474. The van der Waals surface area contributed by atoms with Gasteiger partial charge in [-0.15, -0.1) is 0 Å². The molecule has 0 spiro atoms. The summed E-state index contributed by atoms with van der Waals surface area (Å²) >= 11 is 0. The standard InChI is InChI=1S/C19H27FN4O2/c1-3-21-19(22-10-5-6-18(25)26-4-2)23-11-9-14-13-24-17-8-7-15(20)12-16(14)17/h7-8,12-13,24H,3-6,9-11H2,1-2H3,(H2,21,22,23). The van der Waals surface area contributed by atoms with Crippen molar-refractivity contribution in [3.63, 3.8) is 0 Å². The molecule has 0 aliphatic carbocycles. The first kappa shape index (κ1) is 19.8. The summed E-state index contributed by atoms with van der Waals surface area (Å²) in [4.78, 5) is 18.9. The number of benzene rings is 1. The SMILES string of the molecule is CCNC(=NCCCC(=O)OCC)NCCc1c[nH]c2ccc(F)cc12. The van der Waals surface area contributed by atoms with Gasteiger partial charge in [0, 0.05) is 43.2 Å². The van der Waals surface area contributed by atoms with E-state index >= 15 is 0 Å². The quantitative estimate of drug-likeness (QED) is 0.277. The molecule has 0 saturated heterocycles. The first-order valence-electron chi connectivity index (χ1n) is 9.07. The van der Waals surface area contributed by atoms with Crippen molar-refractivity contribution in [2.45, 2.75) is 33.1 Å².